The quantitative estimate of drug-likeness (QED) is 0.499. The molecule has 0 unspecified atom stereocenters. The van der Waals surface area contributed by atoms with Gasteiger partial charge in [-0.05, 0) is 28.5 Å². The van der Waals surface area contributed by atoms with Crippen molar-refractivity contribution in [2.75, 3.05) is 25.6 Å². The van der Waals surface area contributed by atoms with Gasteiger partial charge in [-0.3, -0.25) is 0 Å². The lowest BCUT2D eigenvalue weighted by atomic mass is 10.2. The summed E-state index contributed by atoms with van der Waals surface area (Å²) in [6.45, 7) is 5.21. The summed E-state index contributed by atoms with van der Waals surface area (Å²) in [7, 11) is 1.60. The fraction of sp³-hybridized carbons (Fsp3) is 0.235. The van der Waals surface area contributed by atoms with Crippen molar-refractivity contribution in [2.45, 2.75) is 6.61 Å². The maximum atomic E-state index is 6.09. The fourth-order valence-electron chi connectivity index (χ4n) is 1.83. The number of hydrogen-bond acceptors (Lipinski definition) is 6. The number of rotatable bonds is 10. The number of ether oxygens (including phenoxy) is 2. The van der Waals surface area contributed by atoms with E-state index in [1.165, 1.54) is 0 Å². The molecular formula is C17H20ClN5O2. The Kier molecular flexibility index (Phi) is 7.68. The molecule has 0 saturated heterocycles. The van der Waals surface area contributed by atoms with Crippen LogP contribution >= 0.6 is 11.6 Å². The molecule has 0 aliphatic rings. The zero-order valence-corrected chi connectivity index (χ0v) is 14.7. The molecule has 25 heavy (non-hydrogen) atoms. The highest BCUT2D eigenvalue weighted by molar-refractivity contribution is 6.31. The Morgan fingerprint density at radius 3 is 2.96 bits per heavy atom. The van der Waals surface area contributed by atoms with Crippen molar-refractivity contribution >= 4 is 17.5 Å². The zero-order valence-electron chi connectivity index (χ0n) is 13.9. The van der Waals surface area contributed by atoms with Crippen LogP contribution in [0.5, 0.6) is 0 Å². The number of nitrogens with zero attached hydrogens (tertiary/aromatic N) is 3. The summed E-state index contributed by atoms with van der Waals surface area (Å²) in [5, 5.41) is 17.1. The van der Waals surface area contributed by atoms with Crippen LogP contribution < -0.4 is 5.32 Å². The first kappa shape index (κ1) is 18.7. The van der Waals surface area contributed by atoms with Gasteiger partial charge in [0.15, 0.2) is 0 Å². The summed E-state index contributed by atoms with van der Waals surface area (Å²) < 4.78 is 10.9. The molecule has 2 rings (SSSR count). The van der Waals surface area contributed by atoms with Gasteiger partial charge in [0.2, 0.25) is 0 Å². The van der Waals surface area contributed by atoms with E-state index in [1.54, 1.807) is 7.11 Å². The molecule has 0 aliphatic carbocycles. The van der Waals surface area contributed by atoms with Crippen LogP contribution in [0.3, 0.4) is 0 Å². The lowest BCUT2D eigenvalue weighted by Crippen LogP contribution is -2.04. The second kappa shape index (κ2) is 10.3. The van der Waals surface area contributed by atoms with Gasteiger partial charge >= 0.3 is 0 Å². The van der Waals surface area contributed by atoms with Crippen molar-refractivity contribution in [1.29, 1.82) is 0 Å². The van der Waals surface area contributed by atoms with E-state index in [0.717, 1.165) is 11.1 Å². The average molecular weight is 362 g/mol. The predicted octanol–water partition coefficient (Wildman–Crippen LogP) is 3.12. The third-order valence-corrected chi connectivity index (χ3v) is 3.52. The number of benzene rings is 1. The highest BCUT2D eigenvalue weighted by Crippen LogP contribution is 2.16. The van der Waals surface area contributed by atoms with Crippen molar-refractivity contribution in [3.63, 3.8) is 0 Å². The summed E-state index contributed by atoms with van der Waals surface area (Å²) in [5.74, 6) is 1.12. The minimum atomic E-state index is 0.347. The number of halogens is 1. The number of allylic oxidation sites excluding steroid dienone is 2. The summed E-state index contributed by atoms with van der Waals surface area (Å²) in [4.78, 5) is 0. The smallest absolute Gasteiger partial charge is 0.263 e. The molecule has 1 aromatic heterocycles. The zero-order chi connectivity index (χ0) is 17.9. The van der Waals surface area contributed by atoms with E-state index in [1.807, 2.05) is 42.5 Å². The van der Waals surface area contributed by atoms with Gasteiger partial charge in [-0.2, -0.15) is 5.21 Å². The molecule has 132 valence electrons. The lowest BCUT2D eigenvalue weighted by Gasteiger charge is -2.08. The highest BCUT2D eigenvalue weighted by Gasteiger charge is 2.01. The van der Waals surface area contributed by atoms with Gasteiger partial charge in [-0.25, -0.2) is 0 Å². The first-order chi connectivity index (χ1) is 12.2. The first-order valence-electron chi connectivity index (χ1n) is 7.56. The molecule has 0 aliphatic heterocycles. The highest BCUT2D eigenvalue weighted by atomic mass is 35.5. The van der Waals surface area contributed by atoms with Crippen LogP contribution in [0, 0.1) is 0 Å². The van der Waals surface area contributed by atoms with Gasteiger partial charge in [0.25, 0.3) is 5.95 Å². The molecule has 0 bridgehead atoms. The van der Waals surface area contributed by atoms with Gasteiger partial charge in [-0.15, -0.1) is 5.10 Å². The lowest BCUT2D eigenvalue weighted by molar-refractivity contribution is 0.103. The molecule has 0 saturated carbocycles. The minimum Gasteiger partial charge on any atom is -0.499 e. The summed E-state index contributed by atoms with van der Waals surface area (Å²) in [6, 6.07) is 7.58. The van der Waals surface area contributed by atoms with Gasteiger partial charge < -0.3 is 14.8 Å². The largest absolute Gasteiger partial charge is 0.499 e. The van der Waals surface area contributed by atoms with Crippen LogP contribution in [-0.2, 0) is 16.1 Å². The van der Waals surface area contributed by atoms with E-state index in [4.69, 9.17) is 21.1 Å². The van der Waals surface area contributed by atoms with Gasteiger partial charge in [0, 0.05) is 11.6 Å². The molecule has 0 radical (unpaired) electrons. The van der Waals surface area contributed by atoms with Crippen molar-refractivity contribution in [1.82, 2.24) is 20.6 Å². The van der Waals surface area contributed by atoms with E-state index in [2.05, 4.69) is 32.5 Å². The van der Waals surface area contributed by atoms with Gasteiger partial charge in [0.05, 0.1) is 13.7 Å². The average Bonchev–Trinajstić information content (AvgIpc) is 3.14. The van der Waals surface area contributed by atoms with Crippen LogP contribution in [0.25, 0.3) is 0 Å². The number of methoxy groups -OCH3 is 1. The Morgan fingerprint density at radius 1 is 1.40 bits per heavy atom. The Bertz CT molecular complexity index is 728. The normalized spacial score (nSPS) is 11.7. The van der Waals surface area contributed by atoms with E-state index >= 15 is 0 Å². The Labute approximate surface area is 151 Å². The number of tetrazole rings is 1. The van der Waals surface area contributed by atoms with Crippen molar-refractivity contribution in [3.8, 4) is 0 Å². The van der Waals surface area contributed by atoms with Crippen LogP contribution in [-0.4, -0.2) is 40.9 Å². The molecule has 0 spiro atoms. The molecule has 0 amide bonds. The van der Waals surface area contributed by atoms with Crippen LogP contribution in [0.1, 0.15) is 5.56 Å². The molecule has 7 nitrogen and oxygen atoms in total. The third-order valence-electron chi connectivity index (χ3n) is 3.15. The molecule has 0 fully saturated rings. The van der Waals surface area contributed by atoms with Crippen LogP contribution in [0.2, 0.25) is 5.02 Å². The molecule has 2 N–H and O–H groups in total. The second-order valence-electron chi connectivity index (χ2n) is 5.03. The molecule has 1 heterocycles. The van der Waals surface area contributed by atoms with E-state index < -0.39 is 0 Å². The van der Waals surface area contributed by atoms with Gasteiger partial charge in [0.1, 0.15) is 12.4 Å². The summed E-state index contributed by atoms with van der Waals surface area (Å²) in [6.07, 6.45) is 5.53. The van der Waals surface area contributed by atoms with Crippen molar-refractivity contribution < 1.29 is 9.47 Å². The Balaban J connectivity index is 1.75. The summed E-state index contributed by atoms with van der Waals surface area (Å²) in [5.41, 5.74) is 1.80. The molecule has 8 heteroatoms. The topological polar surface area (TPSA) is 85.0 Å². The number of anilines is 1. The second-order valence-corrected chi connectivity index (χ2v) is 5.43. The number of H-pyrrole nitrogens is 1. The Morgan fingerprint density at radius 2 is 2.24 bits per heavy atom. The fourth-order valence-corrected chi connectivity index (χ4v) is 2.02. The van der Waals surface area contributed by atoms with E-state index in [9.17, 15) is 0 Å². The van der Waals surface area contributed by atoms with E-state index in [-0.39, 0.29) is 0 Å². The molecule has 1 aromatic carbocycles. The van der Waals surface area contributed by atoms with Crippen molar-refractivity contribution in [2.24, 2.45) is 0 Å². The van der Waals surface area contributed by atoms with Gasteiger partial charge in [-0.1, -0.05) is 53.6 Å². The maximum Gasteiger partial charge on any atom is 0.263 e. The van der Waals surface area contributed by atoms with Crippen LogP contribution in [0.4, 0.5) is 5.95 Å². The molecule has 0 atom stereocenters. The van der Waals surface area contributed by atoms with Crippen molar-refractivity contribution in [3.05, 3.63) is 71.0 Å². The Hall–Kier alpha value is -2.64. The standard InChI is InChI=1S/C17H20ClN5O2/c1-13(10-19-17-20-22-23-21-17)6-5-8-15(24-2)12-25-11-14-7-3-4-9-16(14)18/h3-9H,1,10-12H2,2H3,(H2,19,20,21,22,23)/b6-5-,15-8+. The number of nitrogens with one attached hydrogen (secondary N) is 2. The van der Waals surface area contributed by atoms with Crippen LogP contribution in [0.15, 0.2) is 60.4 Å². The maximum absolute atomic E-state index is 6.09. The number of aromatic amines is 1. The third kappa shape index (κ3) is 6.78. The number of hydrogen-bond donors (Lipinski definition) is 2. The van der Waals surface area contributed by atoms with E-state index in [0.29, 0.717) is 36.5 Å². The predicted molar refractivity (Wildman–Crippen MR) is 97.1 cm³/mol. The molecule has 2 aromatic rings. The molecular weight excluding hydrogens is 342 g/mol. The minimum absolute atomic E-state index is 0.347. The monoisotopic (exact) mass is 361 g/mol. The SMILES string of the molecule is C=C(/C=C\C=C(/COCc1ccccc1Cl)OC)CNc1nn[nH]n1. The summed E-state index contributed by atoms with van der Waals surface area (Å²) >= 11 is 6.09. The number of aromatic nitrogens is 4. The first-order valence-corrected chi connectivity index (χ1v) is 7.94.